The molecule has 0 unspecified atom stereocenters. The number of hydrogen-bond acceptors (Lipinski definition) is 9. The molecular weight excluding hydrogens is 688 g/mol. The monoisotopic (exact) mass is 760 g/mol. The molecule has 4 aliphatic rings. The number of likely N-dealkylation sites (N-methyl/N-ethyl adjacent to an activating group) is 1. The molecule has 2 N–H and O–H groups in total. The van der Waals surface area contributed by atoms with Crippen LogP contribution in [-0.4, -0.2) is 119 Å². The molecule has 3 fully saturated rings. The Morgan fingerprint density at radius 1 is 1.09 bits per heavy atom. The quantitative estimate of drug-likeness (QED) is 0.0452. The summed E-state index contributed by atoms with van der Waals surface area (Å²) in [6.45, 7) is 15.9. The van der Waals surface area contributed by atoms with Gasteiger partial charge in [0.2, 0.25) is 0 Å². The molecule has 3 heterocycles. The normalized spacial score (nSPS) is 33.4. The maximum Gasteiger partial charge on any atom is 0.410 e. The van der Waals surface area contributed by atoms with Crippen molar-refractivity contribution in [2.75, 3.05) is 33.2 Å². The first-order chi connectivity index (χ1) is 25.5. The minimum atomic E-state index is -1.30. The summed E-state index contributed by atoms with van der Waals surface area (Å²) in [5.41, 5.74) is -0.482. The van der Waals surface area contributed by atoms with E-state index in [1.165, 1.54) is 45.4 Å². The van der Waals surface area contributed by atoms with Crippen molar-refractivity contribution in [1.29, 1.82) is 0 Å². The lowest BCUT2D eigenvalue weighted by Crippen LogP contribution is -2.63. The Balaban J connectivity index is 1.46. The van der Waals surface area contributed by atoms with E-state index in [-0.39, 0.29) is 55.3 Å². The SMILES string of the molecule is CC[C@H](O)[C@@H](C)[C@H]1O[C@@H]1C[C@H](C)C=CC=C(C)[C@H]1OC(=O)C[C@H](O)CC[C@@](C)(OC(=O)N2CC[N+](C)(C3CCCCCC3)CC2)[C@@H](OC(C)=O)C=C[C@@H]1C. The predicted molar refractivity (Wildman–Crippen MR) is 208 cm³/mol. The molecule has 0 radical (unpaired) electrons. The number of allylic oxidation sites excluding steroid dienone is 3. The highest BCUT2D eigenvalue weighted by atomic mass is 16.6. The number of cyclic esters (lactones) is 1. The number of esters is 2. The standard InChI is InChI=1S/C43H71N2O9/c1-9-36(48)32(5)41-37(52-41)27-29(2)15-14-16-30(3)40-31(4)19-20-38(51-33(6)46)43(7,22-21-35(47)28-39(49)53-40)54-42(50)44-23-25-45(8,26-24-44)34-17-12-10-11-13-18-34/h14-16,19-20,29,31-32,34-38,40-41,47-48H,9-13,17-18,21-28H2,1-8H3/q+1/t29-,31+,32-,35-,36+,37-,38+,40-,41-,43-/m1/s1. The van der Waals surface area contributed by atoms with Crippen LogP contribution in [0.5, 0.6) is 0 Å². The fraction of sp³-hybridized carbons (Fsp3) is 0.791. The Morgan fingerprint density at radius 3 is 2.39 bits per heavy atom. The summed E-state index contributed by atoms with van der Waals surface area (Å²) >= 11 is 0. The molecule has 54 heavy (non-hydrogen) atoms. The molecule has 306 valence electrons. The first kappa shape index (κ1) is 44.0. The second-order valence-corrected chi connectivity index (χ2v) is 17.3. The number of nitrogens with zero attached hydrogens (tertiary/aromatic N) is 2. The van der Waals surface area contributed by atoms with Crippen LogP contribution < -0.4 is 0 Å². The van der Waals surface area contributed by atoms with E-state index in [4.69, 9.17) is 18.9 Å². The van der Waals surface area contributed by atoms with Gasteiger partial charge >= 0.3 is 18.0 Å². The average molecular weight is 760 g/mol. The van der Waals surface area contributed by atoms with Crippen LogP contribution in [0.3, 0.4) is 0 Å². The van der Waals surface area contributed by atoms with Gasteiger partial charge in [-0.25, -0.2) is 4.79 Å². The second kappa shape index (κ2) is 19.9. The number of piperazine rings is 1. The summed E-state index contributed by atoms with van der Waals surface area (Å²) in [6.07, 6.45) is 15.6. The van der Waals surface area contributed by atoms with Crippen molar-refractivity contribution in [2.45, 2.75) is 167 Å². The number of amides is 1. The Kier molecular flexibility index (Phi) is 16.2. The second-order valence-electron chi connectivity index (χ2n) is 17.3. The van der Waals surface area contributed by atoms with Gasteiger partial charge in [-0.2, -0.15) is 0 Å². The fourth-order valence-electron chi connectivity index (χ4n) is 8.68. The molecule has 11 nitrogen and oxygen atoms in total. The Labute approximate surface area is 324 Å². The average Bonchev–Trinajstić information content (AvgIpc) is 3.94. The Morgan fingerprint density at radius 2 is 1.76 bits per heavy atom. The predicted octanol–water partition coefficient (Wildman–Crippen LogP) is 6.65. The van der Waals surface area contributed by atoms with E-state index in [0.29, 0.717) is 25.6 Å². The molecule has 1 aliphatic carbocycles. The van der Waals surface area contributed by atoms with Gasteiger partial charge in [0.1, 0.15) is 6.10 Å². The van der Waals surface area contributed by atoms with Crippen LogP contribution in [0, 0.1) is 17.8 Å². The van der Waals surface area contributed by atoms with Crippen LogP contribution in [0.1, 0.15) is 119 Å². The smallest absolute Gasteiger partial charge is 0.410 e. The molecule has 0 aromatic carbocycles. The first-order valence-corrected chi connectivity index (χ1v) is 20.8. The zero-order valence-electron chi connectivity index (χ0n) is 34.4. The van der Waals surface area contributed by atoms with Crippen molar-refractivity contribution in [3.8, 4) is 0 Å². The van der Waals surface area contributed by atoms with E-state index < -0.39 is 41.9 Å². The Hall–Kier alpha value is -2.73. The van der Waals surface area contributed by atoms with Gasteiger partial charge in [-0.15, -0.1) is 0 Å². The third-order valence-corrected chi connectivity index (χ3v) is 12.7. The topological polar surface area (TPSA) is 135 Å². The zero-order chi connectivity index (χ0) is 39.6. The summed E-state index contributed by atoms with van der Waals surface area (Å²) in [4.78, 5) is 41.2. The van der Waals surface area contributed by atoms with E-state index in [1.54, 1.807) is 17.9 Å². The Bertz CT molecular complexity index is 1330. The summed E-state index contributed by atoms with van der Waals surface area (Å²) < 4.78 is 24.9. The van der Waals surface area contributed by atoms with Gasteiger partial charge in [-0.1, -0.05) is 64.8 Å². The molecule has 0 spiro atoms. The molecule has 10 atom stereocenters. The molecule has 0 aromatic heterocycles. The van der Waals surface area contributed by atoms with Crippen LogP contribution in [0.15, 0.2) is 36.0 Å². The van der Waals surface area contributed by atoms with Gasteiger partial charge in [0.25, 0.3) is 0 Å². The van der Waals surface area contributed by atoms with Crippen molar-refractivity contribution in [3.63, 3.8) is 0 Å². The van der Waals surface area contributed by atoms with Crippen LogP contribution >= 0.6 is 0 Å². The molecule has 0 aromatic rings. The lowest BCUT2D eigenvalue weighted by molar-refractivity contribution is -0.937. The number of rotatable bonds is 11. The third kappa shape index (κ3) is 12.4. The number of epoxide rings is 1. The lowest BCUT2D eigenvalue weighted by Gasteiger charge is -2.47. The number of ether oxygens (including phenoxy) is 4. The van der Waals surface area contributed by atoms with E-state index in [0.717, 1.165) is 29.6 Å². The van der Waals surface area contributed by atoms with Crippen LogP contribution in [0.2, 0.25) is 0 Å². The number of hydrogen-bond donors (Lipinski definition) is 2. The summed E-state index contributed by atoms with van der Waals surface area (Å²) in [5.74, 6) is -1.02. The highest BCUT2D eigenvalue weighted by molar-refractivity contribution is 5.71. The molecule has 1 amide bonds. The van der Waals surface area contributed by atoms with Crippen molar-refractivity contribution in [3.05, 3.63) is 36.0 Å². The summed E-state index contributed by atoms with van der Waals surface area (Å²) in [5, 5.41) is 21.2. The number of carbonyl (C=O) groups excluding carboxylic acids is 3. The minimum Gasteiger partial charge on any atom is -0.457 e. The maximum absolute atomic E-state index is 13.8. The molecule has 11 heteroatoms. The van der Waals surface area contributed by atoms with Crippen LogP contribution in [-0.2, 0) is 28.5 Å². The highest BCUT2D eigenvalue weighted by Crippen LogP contribution is 2.37. The van der Waals surface area contributed by atoms with Gasteiger partial charge in [-0.3, -0.25) is 14.5 Å². The number of carbonyl (C=O) groups is 3. The fourth-order valence-corrected chi connectivity index (χ4v) is 8.68. The van der Waals surface area contributed by atoms with Gasteiger partial charge in [-0.05, 0) is 82.8 Å². The zero-order valence-corrected chi connectivity index (χ0v) is 34.4. The largest absolute Gasteiger partial charge is 0.457 e. The first-order valence-electron chi connectivity index (χ1n) is 20.8. The molecule has 4 rings (SSSR count). The van der Waals surface area contributed by atoms with Gasteiger partial charge < -0.3 is 33.6 Å². The van der Waals surface area contributed by atoms with Gasteiger partial charge in [0.15, 0.2) is 11.7 Å². The van der Waals surface area contributed by atoms with E-state index in [2.05, 4.69) is 20.0 Å². The van der Waals surface area contributed by atoms with Gasteiger partial charge in [0, 0.05) is 18.8 Å². The van der Waals surface area contributed by atoms with Crippen molar-refractivity contribution < 1.29 is 48.0 Å². The maximum atomic E-state index is 13.8. The molecule has 3 aliphatic heterocycles. The van der Waals surface area contributed by atoms with Crippen molar-refractivity contribution in [1.82, 2.24) is 4.90 Å². The number of aliphatic hydroxyl groups excluding tert-OH is 2. The third-order valence-electron chi connectivity index (χ3n) is 12.7. The van der Waals surface area contributed by atoms with E-state index in [9.17, 15) is 24.6 Å². The summed E-state index contributed by atoms with van der Waals surface area (Å²) in [7, 11) is 2.32. The van der Waals surface area contributed by atoms with Crippen LogP contribution in [0.25, 0.3) is 0 Å². The highest BCUT2D eigenvalue weighted by Gasteiger charge is 2.46. The van der Waals surface area contributed by atoms with Gasteiger partial charge in [0.05, 0.1) is 70.1 Å². The van der Waals surface area contributed by atoms with Crippen molar-refractivity contribution >= 4 is 18.0 Å². The van der Waals surface area contributed by atoms with Crippen LogP contribution in [0.4, 0.5) is 4.79 Å². The molecule has 0 bridgehead atoms. The van der Waals surface area contributed by atoms with E-state index >= 15 is 0 Å². The lowest BCUT2D eigenvalue weighted by atomic mass is 9.88. The van der Waals surface area contributed by atoms with E-state index in [1.807, 2.05) is 45.9 Å². The molecule has 2 saturated heterocycles. The minimum absolute atomic E-state index is 0.0870. The molecular formula is C43H71N2O9+. The number of quaternary nitrogens is 1. The summed E-state index contributed by atoms with van der Waals surface area (Å²) in [6, 6.07) is 0.622. The molecule has 1 saturated carbocycles. The number of aliphatic hydroxyl groups is 2. The van der Waals surface area contributed by atoms with Crippen molar-refractivity contribution in [2.24, 2.45) is 17.8 Å².